The second kappa shape index (κ2) is 8.43. The second-order valence-electron chi connectivity index (χ2n) is 8.63. The highest BCUT2D eigenvalue weighted by Gasteiger charge is 2.50. The van der Waals surface area contributed by atoms with E-state index < -0.39 is 17.5 Å². The minimum Gasteiger partial charge on any atom is -0.340 e. The highest BCUT2D eigenvalue weighted by Crippen LogP contribution is 2.35. The normalized spacial score (nSPS) is 23.3. The lowest BCUT2D eigenvalue weighted by molar-refractivity contribution is -0.139. The van der Waals surface area contributed by atoms with E-state index in [9.17, 15) is 14.4 Å². The highest BCUT2D eigenvalue weighted by atomic mass is 35.5. The average Bonchev–Trinajstić information content (AvgIpc) is 3.34. The number of urea groups is 1. The number of fused-ring (bicyclic) bond motifs is 1. The summed E-state index contributed by atoms with van der Waals surface area (Å²) in [6, 6.07) is 14.3. The predicted octanol–water partition coefficient (Wildman–Crippen LogP) is 4.12. The summed E-state index contributed by atoms with van der Waals surface area (Å²) in [7, 11) is 0. The van der Waals surface area contributed by atoms with Crippen LogP contribution in [0.2, 0.25) is 5.02 Å². The highest BCUT2D eigenvalue weighted by molar-refractivity contribution is 7.18. The Morgan fingerprint density at radius 3 is 2.76 bits per heavy atom. The molecule has 2 saturated heterocycles. The Morgan fingerprint density at radius 1 is 1.21 bits per heavy atom. The summed E-state index contributed by atoms with van der Waals surface area (Å²) in [5, 5.41) is 4.13. The molecule has 1 N–H and O–H groups in total. The molecule has 33 heavy (non-hydrogen) atoms. The van der Waals surface area contributed by atoms with Crippen molar-refractivity contribution in [1.82, 2.24) is 20.1 Å². The van der Waals surface area contributed by atoms with Gasteiger partial charge in [-0.05, 0) is 38.0 Å². The summed E-state index contributed by atoms with van der Waals surface area (Å²) in [5.41, 5.74) is 0.175. The predicted molar refractivity (Wildman–Crippen MR) is 127 cm³/mol. The minimum absolute atomic E-state index is 0.150. The van der Waals surface area contributed by atoms with Crippen molar-refractivity contribution in [1.29, 1.82) is 0 Å². The molecule has 3 heterocycles. The van der Waals surface area contributed by atoms with Crippen molar-refractivity contribution in [3.05, 3.63) is 64.1 Å². The zero-order valence-corrected chi connectivity index (χ0v) is 19.7. The molecule has 2 atom stereocenters. The fourth-order valence-electron chi connectivity index (χ4n) is 4.59. The Kier molecular flexibility index (Phi) is 5.58. The van der Waals surface area contributed by atoms with Crippen LogP contribution in [-0.2, 0) is 15.1 Å². The van der Waals surface area contributed by atoms with E-state index in [2.05, 4.69) is 11.4 Å². The summed E-state index contributed by atoms with van der Waals surface area (Å²) >= 11 is 7.94. The van der Waals surface area contributed by atoms with Crippen LogP contribution in [0, 0.1) is 0 Å². The maximum Gasteiger partial charge on any atom is 0.325 e. The van der Waals surface area contributed by atoms with Crippen LogP contribution in [0.4, 0.5) is 4.79 Å². The topological polar surface area (TPSA) is 82.6 Å². The van der Waals surface area contributed by atoms with Gasteiger partial charge < -0.3 is 10.2 Å². The number of carbonyl (C=O) groups is 3. The molecule has 0 saturated carbocycles. The molecule has 1 aromatic heterocycles. The van der Waals surface area contributed by atoms with E-state index in [1.165, 1.54) is 0 Å². The molecule has 0 aliphatic carbocycles. The number of hydrogen-bond acceptors (Lipinski definition) is 5. The third-order valence-electron chi connectivity index (χ3n) is 6.41. The SMILES string of the molecule is CC1(c2ccccc2Cl)NC(=O)N(CC(=O)N2CCCC(c3nc4ccccc4s3)C2)C1=O. The third-order valence-corrected chi connectivity index (χ3v) is 7.94. The molecule has 2 aliphatic heterocycles. The number of aromatic nitrogens is 1. The number of imide groups is 1. The maximum absolute atomic E-state index is 13.2. The summed E-state index contributed by atoms with van der Waals surface area (Å²) < 4.78 is 1.13. The number of nitrogens with zero attached hydrogens (tertiary/aromatic N) is 3. The maximum atomic E-state index is 13.2. The monoisotopic (exact) mass is 482 g/mol. The molecule has 5 rings (SSSR count). The van der Waals surface area contributed by atoms with Gasteiger partial charge in [0.2, 0.25) is 5.91 Å². The molecule has 7 nitrogen and oxygen atoms in total. The Balaban J connectivity index is 1.30. The summed E-state index contributed by atoms with van der Waals surface area (Å²) in [6.45, 7) is 2.45. The molecule has 0 radical (unpaired) electrons. The number of nitrogens with one attached hydrogen (secondary N) is 1. The first-order valence-electron chi connectivity index (χ1n) is 10.9. The number of para-hydroxylation sites is 1. The number of thiazole rings is 1. The van der Waals surface area contributed by atoms with Crippen LogP contribution in [0.3, 0.4) is 0 Å². The van der Waals surface area contributed by atoms with Gasteiger partial charge in [-0.15, -0.1) is 11.3 Å². The minimum atomic E-state index is -1.30. The molecule has 0 spiro atoms. The Morgan fingerprint density at radius 2 is 1.97 bits per heavy atom. The third kappa shape index (κ3) is 3.87. The van der Waals surface area contributed by atoms with Crippen molar-refractivity contribution >= 4 is 51.0 Å². The van der Waals surface area contributed by atoms with Gasteiger partial charge in [0.1, 0.15) is 12.1 Å². The van der Waals surface area contributed by atoms with E-state index in [4.69, 9.17) is 16.6 Å². The van der Waals surface area contributed by atoms with Crippen LogP contribution in [0.25, 0.3) is 10.2 Å². The van der Waals surface area contributed by atoms with Gasteiger partial charge in [-0.3, -0.25) is 14.5 Å². The number of hydrogen-bond donors (Lipinski definition) is 1. The molecule has 2 aliphatic rings. The van der Waals surface area contributed by atoms with Crippen molar-refractivity contribution in [3.63, 3.8) is 0 Å². The Hall–Kier alpha value is -2.97. The van der Waals surface area contributed by atoms with Gasteiger partial charge in [-0.25, -0.2) is 9.78 Å². The summed E-state index contributed by atoms with van der Waals surface area (Å²) in [5.74, 6) is -0.571. The van der Waals surface area contributed by atoms with Gasteiger partial charge in [0.25, 0.3) is 5.91 Å². The average molecular weight is 483 g/mol. The van der Waals surface area contributed by atoms with Gasteiger partial charge in [-0.2, -0.15) is 0 Å². The molecule has 2 fully saturated rings. The quantitative estimate of drug-likeness (QED) is 0.567. The van der Waals surface area contributed by atoms with Crippen LogP contribution in [-0.4, -0.2) is 52.3 Å². The molecular formula is C24H23ClN4O3S. The lowest BCUT2D eigenvalue weighted by Gasteiger charge is -2.32. The first kappa shape index (κ1) is 21.9. The van der Waals surface area contributed by atoms with Gasteiger partial charge in [-0.1, -0.05) is 41.9 Å². The van der Waals surface area contributed by atoms with Crippen LogP contribution in [0.15, 0.2) is 48.5 Å². The van der Waals surface area contributed by atoms with E-state index >= 15 is 0 Å². The van der Waals surface area contributed by atoms with Crippen LogP contribution < -0.4 is 5.32 Å². The zero-order chi connectivity index (χ0) is 23.2. The van der Waals surface area contributed by atoms with Crippen molar-refractivity contribution in [2.45, 2.75) is 31.2 Å². The zero-order valence-electron chi connectivity index (χ0n) is 18.1. The molecule has 3 aromatic rings. The van der Waals surface area contributed by atoms with Crippen molar-refractivity contribution in [2.24, 2.45) is 0 Å². The van der Waals surface area contributed by atoms with E-state index in [1.54, 1.807) is 47.4 Å². The number of rotatable bonds is 4. The van der Waals surface area contributed by atoms with Crippen LogP contribution in [0.5, 0.6) is 0 Å². The van der Waals surface area contributed by atoms with Crippen molar-refractivity contribution in [3.8, 4) is 0 Å². The number of likely N-dealkylation sites (tertiary alicyclic amines) is 1. The lowest BCUT2D eigenvalue weighted by Crippen LogP contribution is -2.47. The van der Waals surface area contributed by atoms with Crippen LogP contribution >= 0.6 is 22.9 Å². The summed E-state index contributed by atoms with van der Waals surface area (Å²) in [4.78, 5) is 46.5. The van der Waals surface area contributed by atoms with Gasteiger partial charge in [0.15, 0.2) is 0 Å². The lowest BCUT2D eigenvalue weighted by atomic mass is 9.92. The fourth-order valence-corrected chi connectivity index (χ4v) is 6.01. The van der Waals surface area contributed by atoms with E-state index in [-0.39, 0.29) is 18.4 Å². The Labute approximate surface area is 200 Å². The van der Waals surface area contributed by atoms with E-state index in [0.29, 0.717) is 23.7 Å². The number of amides is 4. The van der Waals surface area contributed by atoms with E-state index in [0.717, 1.165) is 33.0 Å². The summed E-state index contributed by atoms with van der Waals surface area (Å²) in [6.07, 6.45) is 1.81. The number of piperidine rings is 1. The molecule has 2 unspecified atom stereocenters. The largest absolute Gasteiger partial charge is 0.340 e. The second-order valence-corrected chi connectivity index (χ2v) is 10.1. The first-order chi connectivity index (χ1) is 15.9. The molecule has 2 aromatic carbocycles. The molecular weight excluding hydrogens is 460 g/mol. The molecule has 4 amide bonds. The van der Waals surface area contributed by atoms with E-state index in [1.807, 2.05) is 18.2 Å². The van der Waals surface area contributed by atoms with Crippen molar-refractivity contribution < 1.29 is 14.4 Å². The molecule has 9 heteroatoms. The number of benzene rings is 2. The smallest absolute Gasteiger partial charge is 0.325 e. The fraction of sp³-hybridized carbons (Fsp3) is 0.333. The van der Waals surface area contributed by atoms with Gasteiger partial charge >= 0.3 is 6.03 Å². The van der Waals surface area contributed by atoms with Crippen LogP contribution in [0.1, 0.15) is 36.3 Å². The van der Waals surface area contributed by atoms with Gasteiger partial charge in [0, 0.05) is 29.6 Å². The van der Waals surface area contributed by atoms with Gasteiger partial charge in [0.05, 0.1) is 15.2 Å². The van der Waals surface area contributed by atoms with Crippen molar-refractivity contribution in [2.75, 3.05) is 19.6 Å². The number of carbonyl (C=O) groups excluding carboxylic acids is 3. The Bertz CT molecular complexity index is 1230. The first-order valence-corrected chi connectivity index (χ1v) is 12.1. The standard InChI is InChI=1S/C24H23ClN4O3S/c1-24(16-8-2-3-9-17(16)25)22(31)29(23(32)27-24)14-20(30)28-12-6-7-15(13-28)21-26-18-10-4-5-11-19(18)33-21/h2-5,8-11,15H,6-7,12-14H2,1H3,(H,27,32). The molecule has 0 bridgehead atoms. The molecule has 170 valence electrons. The number of halogens is 1.